The first-order valence-corrected chi connectivity index (χ1v) is 8.67. The van der Waals surface area contributed by atoms with Gasteiger partial charge in [0.1, 0.15) is 0 Å². The van der Waals surface area contributed by atoms with Crippen molar-refractivity contribution in [2.24, 2.45) is 0 Å². The molecule has 1 N–H and O–H groups in total. The van der Waals surface area contributed by atoms with Crippen molar-refractivity contribution in [1.82, 2.24) is 9.88 Å². The molecule has 2 fully saturated rings. The lowest BCUT2D eigenvalue weighted by Gasteiger charge is -2.17. The minimum atomic E-state index is -0.757. The number of amides is 1. The minimum Gasteiger partial charge on any atom is -0.449 e. The smallest absolute Gasteiger partial charge is 0.340 e. The van der Waals surface area contributed by atoms with E-state index in [0.29, 0.717) is 11.6 Å². The van der Waals surface area contributed by atoms with Gasteiger partial charge in [-0.2, -0.15) is 0 Å². The fourth-order valence-electron chi connectivity index (χ4n) is 3.54. The van der Waals surface area contributed by atoms with Crippen LogP contribution in [0.3, 0.4) is 0 Å². The molecule has 126 valence electrons. The summed E-state index contributed by atoms with van der Waals surface area (Å²) >= 11 is 0. The Morgan fingerprint density at radius 1 is 1.22 bits per heavy atom. The van der Waals surface area contributed by atoms with Crippen molar-refractivity contribution in [3.8, 4) is 0 Å². The number of nitrogens with zero attached hydrogens (tertiary/aromatic N) is 1. The molecule has 5 nitrogen and oxygen atoms in total. The fourth-order valence-corrected chi connectivity index (χ4v) is 3.54. The largest absolute Gasteiger partial charge is 0.449 e. The zero-order chi connectivity index (χ0) is 16.6. The van der Waals surface area contributed by atoms with Gasteiger partial charge in [-0.25, -0.2) is 4.79 Å². The lowest BCUT2D eigenvalue weighted by molar-refractivity contribution is -0.129. The van der Waals surface area contributed by atoms with Gasteiger partial charge in [0.25, 0.3) is 5.91 Å². The summed E-state index contributed by atoms with van der Waals surface area (Å²) in [5.74, 6) is -0.597. The van der Waals surface area contributed by atoms with Crippen molar-refractivity contribution < 1.29 is 14.3 Å². The van der Waals surface area contributed by atoms with Gasteiger partial charge >= 0.3 is 5.97 Å². The Labute approximate surface area is 137 Å². The van der Waals surface area contributed by atoms with Crippen LogP contribution >= 0.6 is 0 Å². The number of aryl methyl sites for hydroxylation is 1. The minimum absolute atomic E-state index is 0.193. The highest BCUT2D eigenvalue weighted by molar-refractivity contribution is 5.93. The second-order valence-electron chi connectivity index (χ2n) is 6.92. The molecule has 0 aliphatic heterocycles. The van der Waals surface area contributed by atoms with E-state index in [-0.39, 0.29) is 11.9 Å². The van der Waals surface area contributed by atoms with E-state index in [0.717, 1.165) is 37.1 Å². The fraction of sp³-hybridized carbons (Fsp3) is 0.667. The van der Waals surface area contributed by atoms with Crippen molar-refractivity contribution >= 4 is 11.9 Å². The number of aromatic nitrogens is 1. The lowest BCUT2D eigenvalue weighted by atomic mass is 10.2. The second kappa shape index (κ2) is 6.38. The standard InChI is InChI=1S/C18H26N2O3/c1-11-10-16(12(2)20(11)15-8-9-15)18(22)23-13(3)17(21)19-14-6-4-5-7-14/h10,13-15H,4-9H2,1-3H3,(H,19,21). The molecule has 2 aliphatic carbocycles. The molecule has 0 bridgehead atoms. The molecule has 0 radical (unpaired) electrons. The van der Waals surface area contributed by atoms with E-state index in [2.05, 4.69) is 9.88 Å². The molecule has 1 amide bonds. The van der Waals surface area contributed by atoms with E-state index in [1.165, 1.54) is 12.8 Å². The number of hydrogen-bond donors (Lipinski definition) is 1. The van der Waals surface area contributed by atoms with Gasteiger partial charge in [-0.1, -0.05) is 12.8 Å². The maximum atomic E-state index is 12.4. The summed E-state index contributed by atoms with van der Waals surface area (Å²) in [5.41, 5.74) is 2.60. The number of carbonyl (C=O) groups excluding carboxylic acids is 2. The molecule has 3 rings (SSSR count). The third-order valence-electron chi connectivity index (χ3n) is 4.97. The maximum Gasteiger partial charge on any atom is 0.340 e. The van der Waals surface area contributed by atoms with E-state index in [9.17, 15) is 9.59 Å². The molecule has 1 unspecified atom stereocenters. The normalized spacial score (nSPS) is 19.6. The number of esters is 1. The van der Waals surface area contributed by atoms with Crippen LogP contribution in [-0.4, -0.2) is 28.6 Å². The number of carbonyl (C=O) groups is 2. The van der Waals surface area contributed by atoms with Gasteiger partial charge in [0.15, 0.2) is 6.10 Å². The molecule has 0 spiro atoms. The molecule has 23 heavy (non-hydrogen) atoms. The van der Waals surface area contributed by atoms with Crippen molar-refractivity contribution in [2.45, 2.75) is 77.5 Å². The highest BCUT2D eigenvalue weighted by Gasteiger charge is 2.30. The molecule has 1 aromatic rings. The summed E-state index contributed by atoms with van der Waals surface area (Å²) in [6.45, 7) is 5.60. The highest BCUT2D eigenvalue weighted by Crippen LogP contribution is 2.38. The van der Waals surface area contributed by atoms with Gasteiger partial charge in [0.05, 0.1) is 5.56 Å². The second-order valence-corrected chi connectivity index (χ2v) is 6.92. The van der Waals surface area contributed by atoms with Crippen LogP contribution in [0, 0.1) is 13.8 Å². The predicted molar refractivity (Wildman–Crippen MR) is 87.5 cm³/mol. The average molecular weight is 318 g/mol. The monoisotopic (exact) mass is 318 g/mol. The van der Waals surface area contributed by atoms with Crippen molar-refractivity contribution in [3.05, 3.63) is 23.0 Å². The molecule has 1 atom stereocenters. The molecular formula is C18H26N2O3. The van der Waals surface area contributed by atoms with Crippen LogP contribution in [0.15, 0.2) is 6.07 Å². The summed E-state index contributed by atoms with van der Waals surface area (Å²) in [6.07, 6.45) is 5.95. The van der Waals surface area contributed by atoms with E-state index in [1.54, 1.807) is 6.92 Å². The molecular weight excluding hydrogens is 292 g/mol. The number of rotatable bonds is 5. The van der Waals surface area contributed by atoms with Gasteiger partial charge in [-0.3, -0.25) is 4.79 Å². The molecule has 2 saturated carbocycles. The van der Waals surface area contributed by atoms with Crippen LogP contribution in [0.5, 0.6) is 0 Å². The van der Waals surface area contributed by atoms with Gasteiger partial charge in [0, 0.05) is 23.5 Å². The Kier molecular flexibility index (Phi) is 4.46. The third kappa shape index (κ3) is 3.43. The molecule has 2 aliphatic rings. The highest BCUT2D eigenvalue weighted by atomic mass is 16.5. The number of nitrogens with one attached hydrogen (secondary N) is 1. The van der Waals surface area contributed by atoms with Gasteiger partial charge in [0.2, 0.25) is 0 Å². The van der Waals surface area contributed by atoms with Crippen molar-refractivity contribution in [3.63, 3.8) is 0 Å². The van der Waals surface area contributed by atoms with Crippen LogP contribution in [0.2, 0.25) is 0 Å². The van der Waals surface area contributed by atoms with E-state index in [4.69, 9.17) is 4.74 Å². The molecule has 5 heteroatoms. The first-order chi connectivity index (χ1) is 11.0. The zero-order valence-corrected chi connectivity index (χ0v) is 14.2. The summed E-state index contributed by atoms with van der Waals surface area (Å²) in [4.78, 5) is 24.6. The lowest BCUT2D eigenvalue weighted by Crippen LogP contribution is -2.40. The molecule has 1 heterocycles. The first kappa shape index (κ1) is 16.1. The Morgan fingerprint density at radius 3 is 2.48 bits per heavy atom. The number of ether oxygens (including phenoxy) is 1. The topological polar surface area (TPSA) is 60.3 Å². The third-order valence-corrected chi connectivity index (χ3v) is 4.97. The number of hydrogen-bond acceptors (Lipinski definition) is 3. The van der Waals surface area contributed by atoms with Crippen LogP contribution in [0.25, 0.3) is 0 Å². The van der Waals surface area contributed by atoms with Gasteiger partial charge in [-0.15, -0.1) is 0 Å². The molecule has 0 saturated heterocycles. The average Bonchev–Trinajstić information content (AvgIpc) is 3.10. The van der Waals surface area contributed by atoms with Gasteiger partial charge < -0.3 is 14.6 Å². The first-order valence-electron chi connectivity index (χ1n) is 8.67. The Hall–Kier alpha value is -1.78. The maximum absolute atomic E-state index is 12.4. The summed E-state index contributed by atoms with van der Waals surface area (Å²) in [6, 6.07) is 2.64. The Morgan fingerprint density at radius 2 is 1.87 bits per heavy atom. The predicted octanol–water partition coefficient (Wildman–Crippen LogP) is 3.04. The SMILES string of the molecule is Cc1cc(C(=O)OC(C)C(=O)NC2CCCC2)c(C)n1C1CC1. The van der Waals surface area contributed by atoms with Crippen LogP contribution in [0.1, 0.15) is 73.2 Å². The Balaban J connectivity index is 1.62. The zero-order valence-electron chi connectivity index (χ0n) is 14.2. The van der Waals surface area contributed by atoms with Crippen LogP contribution < -0.4 is 5.32 Å². The molecule has 0 aromatic carbocycles. The van der Waals surface area contributed by atoms with Crippen molar-refractivity contribution in [1.29, 1.82) is 0 Å². The summed E-state index contributed by atoms with van der Waals surface area (Å²) < 4.78 is 7.60. The van der Waals surface area contributed by atoms with Crippen LogP contribution in [-0.2, 0) is 9.53 Å². The summed E-state index contributed by atoms with van der Waals surface area (Å²) in [5, 5.41) is 2.97. The van der Waals surface area contributed by atoms with Crippen LogP contribution in [0.4, 0.5) is 0 Å². The van der Waals surface area contributed by atoms with E-state index >= 15 is 0 Å². The van der Waals surface area contributed by atoms with Gasteiger partial charge in [-0.05, 0) is 52.5 Å². The molecule has 1 aromatic heterocycles. The quantitative estimate of drug-likeness (QED) is 0.849. The van der Waals surface area contributed by atoms with E-state index in [1.807, 2.05) is 19.9 Å². The van der Waals surface area contributed by atoms with Crippen molar-refractivity contribution in [2.75, 3.05) is 0 Å². The Bertz CT molecular complexity index is 610. The van der Waals surface area contributed by atoms with E-state index < -0.39 is 12.1 Å². The summed E-state index contributed by atoms with van der Waals surface area (Å²) in [7, 11) is 0.